The molecule has 0 atom stereocenters. The second kappa shape index (κ2) is 8.87. The molecule has 1 N–H and O–H groups in total. The average molecular weight is 340 g/mol. The molecule has 2 rings (SSSR count). The van der Waals surface area contributed by atoms with E-state index in [0.29, 0.717) is 22.6 Å². The minimum Gasteiger partial charge on any atom is -0.497 e. The maximum absolute atomic E-state index is 12.3. The Labute approximate surface area is 148 Å². The quantitative estimate of drug-likeness (QED) is 0.833. The number of unbranched alkanes of at least 4 members (excludes halogenated alkanes) is 1. The number of carbonyl (C=O) groups excluding carboxylic acids is 2. The van der Waals surface area contributed by atoms with Gasteiger partial charge in [-0.15, -0.1) is 0 Å². The Bertz CT molecular complexity index is 726. The van der Waals surface area contributed by atoms with Crippen LogP contribution in [0.4, 0.5) is 5.69 Å². The maximum atomic E-state index is 12.3. The first-order valence-electron chi connectivity index (χ1n) is 8.36. The summed E-state index contributed by atoms with van der Waals surface area (Å²) < 4.78 is 5.14. The smallest absolute Gasteiger partial charge is 0.255 e. The molecule has 2 amide bonds. The van der Waals surface area contributed by atoms with Crippen LogP contribution < -0.4 is 10.1 Å². The van der Waals surface area contributed by atoms with Crippen LogP contribution in [0.25, 0.3) is 0 Å². The highest BCUT2D eigenvalue weighted by molar-refractivity contribution is 6.05. The van der Waals surface area contributed by atoms with Crippen molar-refractivity contribution in [2.75, 3.05) is 26.0 Å². The summed E-state index contributed by atoms with van der Waals surface area (Å²) in [5.41, 5.74) is 1.73. The van der Waals surface area contributed by atoms with Crippen molar-refractivity contribution in [1.29, 1.82) is 0 Å². The third-order valence-electron chi connectivity index (χ3n) is 3.92. The molecule has 132 valence electrons. The summed E-state index contributed by atoms with van der Waals surface area (Å²) in [6.45, 7) is 2.82. The highest BCUT2D eigenvalue weighted by atomic mass is 16.5. The van der Waals surface area contributed by atoms with E-state index >= 15 is 0 Å². The zero-order valence-electron chi connectivity index (χ0n) is 14.9. The van der Waals surface area contributed by atoms with Crippen molar-refractivity contribution in [1.82, 2.24) is 4.90 Å². The van der Waals surface area contributed by atoms with Crippen LogP contribution in [-0.4, -0.2) is 37.4 Å². The van der Waals surface area contributed by atoms with Gasteiger partial charge in [0.05, 0.1) is 7.11 Å². The fourth-order valence-electron chi connectivity index (χ4n) is 2.39. The summed E-state index contributed by atoms with van der Waals surface area (Å²) in [7, 11) is 3.37. The predicted octanol–water partition coefficient (Wildman–Crippen LogP) is 3.82. The van der Waals surface area contributed by atoms with Gasteiger partial charge < -0.3 is 15.0 Å². The minimum atomic E-state index is -0.230. The number of carbonyl (C=O) groups is 2. The molecule has 0 fully saturated rings. The van der Waals surface area contributed by atoms with Crippen molar-refractivity contribution in [3.05, 3.63) is 59.7 Å². The molecule has 0 aromatic heterocycles. The van der Waals surface area contributed by atoms with Crippen LogP contribution >= 0.6 is 0 Å². The molecule has 2 aromatic rings. The Morgan fingerprint density at radius 3 is 2.40 bits per heavy atom. The number of anilines is 1. The lowest BCUT2D eigenvalue weighted by Gasteiger charge is -2.16. The van der Waals surface area contributed by atoms with E-state index in [9.17, 15) is 9.59 Å². The molecule has 5 nitrogen and oxygen atoms in total. The first-order valence-corrected chi connectivity index (χ1v) is 8.36. The SMILES string of the molecule is CCCCN(C)C(=O)c1ccc(C(=O)Nc2cccc(OC)c2)cc1. The van der Waals surface area contributed by atoms with Crippen LogP contribution in [0.15, 0.2) is 48.5 Å². The van der Waals surface area contributed by atoms with Crippen molar-refractivity contribution in [3.63, 3.8) is 0 Å². The topological polar surface area (TPSA) is 58.6 Å². The fraction of sp³-hybridized carbons (Fsp3) is 0.300. The number of methoxy groups -OCH3 is 1. The van der Waals surface area contributed by atoms with Crippen molar-refractivity contribution in [2.24, 2.45) is 0 Å². The number of nitrogens with zero attached hydrogens (tertiary/aromatic N) is 1. The van der Waals surface area contributed by atoms with Crippen LogP contribution in [0, 0.1) is 0 Å². The van der Waals surface area contributed by atoms with Crippen LogP contribution in [0.3, 0.4) is 0 Å². The normalized spacial score (nSPS) is 10.2. The lowest BCUT2D eigenvalue weighted by Crippen LogP contribution is -2.27. The maximum Gasteiger partial charge on any atom is 0.255 e. The van der Waals surface area contributed by atoms with E-state index in [1.165, 1.54) is 0 Å². The summed E-state index contributed by atoms with van der Waals surface area (Å²) >= 11 is 0. The van der Waals surface area contributed by atoms with Crippen molar-refractivity contribution in [3.8, 4) is 5.75 Å². The van der Waals surface area contributed by atoms with Gasteiger partial charge in [-0.25, -0.2) is 0 Å². The van der Waals surface area contributed by atoms with E-state index in [-0.39, 0.29) is 11.8 Å². The van der Waals surface area contributed by atoms with Gasteiger partial charge in [-0.3, -0.25) is 9.59 Å². The molecule has 0 unspecified atom stereocenters. The number of amides is 2. The first-order chi connectivity index (χ1) is 12.0. The van der Waals surface area contributed by atoms with E-state index in [1.807, 2.05) is 12.1 Å². The van der Waals surface area contributed by atoms with E-state index < -0.39 is 0 Å². The van der Waals surface area contributed by atoms with Gasteiger partial charge in [0.15, 0.2) is 0 Å². The molecule has 0 saturated heterocycles. The Morgan fingerprint density at radius 2 is 1.76 bits per heavy atom. The third-order valence-corrected chi connectivity index (χ3v) is 3.92. The summed E-state index contributed by atoms with van der Waals surface area (Å²) in [4.78, 5) is 26.3. The lowest BCUT2D eigenvalue weighted by molar-refractivity contribution is 0.0792. The Kier molecular flexibility index (Phi) is 6.57. The molecule has 0 bridgehead atoms. The number of nitrogens with one attached hydrogen (secondary N) is 1. The van der Waals surface area contributed by atoms with Gasteiger partial charge in [0.1, 0.15) is 5.75 Å². The van der Waals surface area contributed by atoms with E-state index in [1.54, 1.807) is 55.5 Å². The Balaban J connectivity index is 2.03. The number of ether oxygens (including phenoxy) is 1. The van der Waals surface area contributed by atoms with Gasteiger partial charge in [0.25, 0.3) is 11.8 Å². The molecule has 2 aromatic carbocycles. The molecule has 25 heavy (non-hydrogen) atoms. The fourth-order valence-corrected chi connectivity index (χ4v) is 2.39. The minimum absolute atomic E-state index is 0.0341. The van der Waals surface area contributed by atoms with Crippen molar-refractivity contribution in [2.45, 2.75) is 19.8 Å². The standard InChI is InChI=1S/C20H24N2O3/c1-4-5-13-22(2)20(24)16-11-9-15(10-12-16)19(23)21-17-7-6-8-18(14-17)25-3/h6-12,14H,4-5,13H2,1-3H3,(H,21,23). The summed E-state index contributed by atoms with van der Waals surface area (Å²) in [6, 6.07) is 13.9. The Hall–Kier alpha value is -2.82. The van der Waals surface area contributed by atoms with Crippen LogP contribution in [0.1, 0.15) is 40.5 Å². The molecule has 0 aliphatic rings. The van der Waals surface area contributed by atoms with Crippen LogP contribution in [-0.2, 0) is 0 Å². The number of rotatable bonds is 7. The number of hydrogen-bond donors (Lipinski definition) is 1. The van der Waals surface area contributed by atoms with Crippen molar-refractivity contribution < 1.29 is 14.3 Å². The highest BCUT2D eigenvalue weighted by Gasteiger charge is 2.12. The average Bonchev–Trinajstić information content (AvgIpc) is 2.65. The van der Waals surface area contributed by atoms with Gasteiger partial charge in [-0.1, -0.05) is 19.4 Å². The van der Waals surface area contributed by atoms with Gasteiger partial charge in [-0.05, 0) is 42.8 Å². The van der Waals surface area contributed by atoms with Gasteiger partial charge >= 0.3 is 0 Å². The molecular weight excluding hydrogens is 316 g/mol. The molecule has 0 saturated carbocycles. The molecule has 0 aliphatic heterocycles. The second-order valence-electron chi connectivity index (χ2n) is 5.84. The highest BCUT2D eigenvalue weighted by Crippen LogP contribution is 2.18. The lowest BCUT2D eigenvalue weighted by atomic mass is 10.1. The monoisotopic (exact) mass is 340 g/mol. The third kappa shape index (κ3) is 5.08. The van der Waals surface area contributed by atoms with E-state index in [0.717, 1.165) is 19.4 Å². The molecular formula is C20H24N2O3. The number of benzene rings is 2. The summed E-state index contributed by atoms with van der Waals surface area (Å²) in [5, 5.41) is 2.82. The predicted molar refractivity (Wildman–Crippen MR) is 99.3 cm³/mol. The molecule has 0 aliphatic carbocycles. The van der Waals surface area contributed by atoms with Crippen molar-refractivity contribution >= 4 is 17.5 Å². The van der Waals surface area contributed by atoms with E-state index in [4.69, 9.17) is 4.74 Å². The molecule has 0 spiro atoms. The first kappa shape index (κ1) is 18.5. The van der Waals surface area contributed by atoms with Crippen LogP contribution in [0.2, 0.25) is 0 Å². The largest absolute Gasteiger partial charge is 0.497 e. The molecule has 0 heterocycles. The van der Waals surface area contributed by atoms with Gasteiger partial charge in [0.2, 0.25) is 0 Å². The van der Waals surface area contributed by atoms with Gasteiger partial charge in [-0.2, -0.15) is 0 Å². The van der Waals surface area contributed by atoms with E-state index in [2.05, 4.69) is 12.2 Å². The Morgan fingerprint density at radius 1 is 1.08 bits per heavy atom. The second-order valence-corrected chi connectivity index (χ2v) is 5.84. The zero-order valence-corrected chi connectivity index (χ0v) is 14.9. The van der Waals surface area contributed by atoms with Crippen LogP contribution in [0.5, 0.6) is 5.75 Å². The summed E-state index contributed by atoms with van der Waals surface area (Å²) in [6.07, 6.45) is 2.02. The zero-order chi connectivity index (χ0) is 18.2. The van der Waals surface area contributed by atoms with Gasteiger partial charge in [0, 0.05) is 36.5 Å². The molecule has 0 radical (unpaired) electrons. The summed E-state index contributed by atoms with van der Waals surface area (Å²) in [5.74, 6) is 0.411. The molecule has 5 heteroatoms. The number of hydrogen-bond acceptors (Lipinski definition) is 3.